The fraction of sp³-hybridized carbons (Fsp3) is 0.600. The number of hydrogen-bond donors (Lipinski definition) is 0. The molecule has 1 aliphatic rings. The molecule has 1 unspecified atom stereocenters. The van der Waals surface area contributed by atoms with Crippen molar-refractivity contribution < 1.29 is 19.1 Å². The summed E-state index contributed by atoms with van der Waals surface area (Å²) in [6, 6.07) is 0. The second-order valence-corrected chi connectivity index (χ2v) is 3.96. The first-order valence-electron chi connectivity index (χ1n) is 4.41. The quantitative estimate of drug-likeness (QED) is 0.494. The highest BCUT2D eigenvalue weighted by atomic mass is 16.6. The smallest absolute Gasteiger partial charge is 0.333 e. The average molecular weight is 198 g/mol. The van der Waals surface area contributed by atoms with Crippen molar-refractivity contribution in [2.45, 2.75) is 38.9 Å². The molecule has 0 aromatic rings. The summed E-state index contributed by atoms with van der Waals surface area (Å²) in [5.41, 5.74) is -0.414. The monoisotopic (exact) mass is 198 g/mol. The molecular weight excluding hydrogens is 184 g/mol. The van der Waals surface area contributed by atoms with E-state index in [-0.39, 0.29) is 12.4 Å². The van der Waals surface area contributed by atoms with Gasteiger partial charge in [0.25, 0.3) is 0 Å². The molecule has 0 amide bonds. The van der Waals surface area contributed by atoms with E-state index >= 15 is 0 Å². The van der Waals surface area contributed by atoms with Gasteiger partial charge < -0.3 is 9.47 Å². The minimum absolute atomic E-state index is 0.117. The summed E-state index contributed by atoms with van der Waals surface area (Å²) in [7, 11) is 0. The molecule has 0 aliphatic carbocycles. The van der Waals surface area contributed by atoms with Crippen LogP contribution in [0.1, 0.15) is 27.2 Å². The molecule has 0 saturated carbocycles. The number of carbonyl (C=O) groups excluding carboxylic acids is 2. The largest absolute Gasteiger partial charge is 0.456 e. The van der Waals surface area contributed by atoms with E-state index in [1.54, 1.807) is 20.8 Å². The van der Waals surface area contributed by atoms with Gasteiger partial charge in [-0.2, -0.15) is 0 Å². The van der Waals surface area contributed by atoms with Crippen LogP contribution in [0, 0.1) is 0 Å². The lowest BCUT2D eigenvalue weighted by molar-refractivity contribution is -0.156. The molecular formula is C10H14O4. The van der Waals surface area contributed by atoms with E-state index in [1.807, 2.05) is 0 Å². The summed E-state index contributed by atoms with van der Waals surface area (Å²) in [6.45, 7) is 8.46. The van der Waals surface area contributed by atoms with Gasteiger partial charge in [0.05, 0.1) is 6.42 Å². The minimum Gasteiger partial charge on any atom is -0.456 e. The van der Waals surface area contributed by atoms with E-state index in [4.69, 9.17) is 9.47 Å². The van der Waals surface area contributed by atoms with Crippen LogP contribution in [0.15, 0.2) is 12.2 Å². The van der Waals surface area contributed by atoms with Gasteiger partial charge in [0.1, 0.15) is 5.60 Å². The third kappa shape index (κ3) is 2.13. The van der Waals surface area contributed by atoms with E-state index in [2.05, 4.69) is 6.58 Å². The van der Waals surface area contributed by atoms with E-state index in [0.717, 1.165) is 0 Å². The lowest BCUT2D eigenvalue weighted by Crippen LogP contribution is -2.36. The number of esters is 2. The molecule has 1 rings (SSSR count). The maximum Gasteiger partial charge on any atom is 0.333 e. The van der Waals surface area contributed by atoms with Gasteiger partial charge in [0, 0.05) is 5.57 Å². The van der Waals surface area contributed by atoms with Crippen molar-refractivity contribution in [1.29, 1.82) is 0 Å². The molecule has 1 fully saturated rings. The zero-order valence-corrected chi connectivity index (χ0v) is 8.62. The summed E-state index contributed by atoms with van der Waals surface area (Å²) < 4.78 is 10.1. The van der Waals surface area contributed by atoms with E-state index < -0.39 is 17.7 Å². The molecule has 1 saturated heterocycles. The van der Waals surface area contributed by atoms with Gasteiger partial charge in [0.2, 0.25) is 0 Å². The Labute approximate surface area is 82.9 Å². The van der Waals surface area contributed by atoms with Crippen LogP contribution in [0.2, 0.25) is 0 Å². The molecule has 1 atom stereocenters. The highest BCUT2D eigenvalue weighted by Gasteiger charge is 2.44. The summed E-state index contributed by atoms with van der Waals surface area (Å²) in [6.07, 6.45) is -0.398. The summed E-state index contributed by atoms with van der Waals surface area (Å²) in [4.78, 5) is 22.2. The fourth-order valence-corrected chi connectivity index (χ4v) is 1.21. The lowest BCUT2D eigenvalue weighted by Gasteiger charge is -2.24. The Bertz CT molecular complexity index is 290. The Balaban J connectivity index is 2.66. The van der Waals surface area contributed by atoms with Crippen molar-refractivity contribution in [1.82, 2.24) is 0 Å². The molecule has 0 aromatic heterocycles. The van der Waals surface area contributed by atoms with Gasteiger partial charge in [-0.05, 0) is 20.8 Å². The zero-order valence-electron chi connectivity index (χ0n) is 8.62. The molecule has 78 valence electrons. The third-order valence-electron chi connectivity index (χ3n) is 2.10. The normalized spacial score (nSPS) is 24.2. The highest BCUT2D eigenvalue weighted by molar-refractivity contribution is 5.87. The van der Waals surface area contributed by atoms with Crippen molar-refractivity contribution >= 4 is 11.9 Å². The van der Waals surface area contributed by atoms with Crippen LogP contribution in [-0.4, -0.2) is 23.6 Å². The van der Waals surface area contributed by atoms with Crippen molar-refractivity contribution in [3.05, 3.63) is 12.2 Å². The first kappa shape index (κ1) is 10.8. The Morgan fingerprint density at radius 3 is 2.57 bits per heavy atom. The second kappa shape index (κ2) is 3.44. The molecule has 4 heteroatoms. The molecule has 0 bridgehead atoms. The van der Waals surface area contributed by atoms with Gasteiger partial charge >= 0.3 is 11.9 Å². The Morgan fingerprint density at radius 2 is 2.21 bits per heavy atom. The van der Waals surface area contributed by atoms with Crippen molar-refractivity contribution in [2.75, 3.05) is 0 Å². The number of rotatable bonds is 2. The summed E-state index contributed by atoms with van der Waals surface area (Å²) in [5.74, 6) is -0.823. The van der Waals surface area contributed by atoms with Crippen LogP contribution < -0.4 is 0 Å². The molecule has 0 spiro atoms. The lowest BCUT2D eigenvalue weighted by atomic mass is 10.0. The number of hydrogen-bond acceptors (Lipinski definition) is 4. The fourth-order valence-electron chi connectivity index (χ4n) is 1.21. The van der Waals surface area contributed by atoms with E-state index in [1.165, 1.54) is 0 Å². The van der Waals surface area contributed by atoms with Crippen LogP contribution in [0.5, 0.6) is 0 Å². The molecule has 0 aromatic carbocycles. The van der Waals surface area contributed by atoms with Crippen molar-refractivity contribution in [3.63, 3.8) is 0 Å². The first-order chi connectivity index (χ1) is 6.33. The van der Waals surface area contributed by atoms with Gasteiger partial charge in [-0.25, -0.2) is 4.79 Å². The highest BCUT2D eigenvalue weighted by Crippen LogP contribution is 2.29. The van der Waals surface area contributed by atoms with Crippen molar-refractivity contribution in [2.24, 2.45) is 0 Å². The van der Waals surface area contributed by atoms with Gasteiger partial charge in [-0.15, -0.1) is 0 Å². The summed E-state index contributed by atoms with van der Waals surface area (Å²) >= 11 is 0. The molecule has 4 nitrogen and oxygen atoms in total. The van der Waals surface area contributed by atoms with Crippen LogP contribution >= 0.6 is 0 Å². The maximum atomic E-state index is 11.2. The Morgan fingerprint density at radius 1 is 1.64 bits per heavy atom. The number of carbonyl (C=O) groups is 2. The van der Waals surface area contributed by atoms with E-state index in [0.29, 0.717) is 5.57 Å². The van der Waals surface area contributed by atoms with Crippen LogP contribution in [-0.2, 0) is 19.1 Å². The van der Waals surface area contributed by atoms with Gasteiger partial charge in [-0.3, -0.25) is 4.79 Å². The maximum absolute atomic E-state index is 11.2. The molecule has 14 heavy (non-hydrogen) atoms. The predicted molar refractivity (Wildman–Crippen MR) is 49.5 cm³/mol. The average Bonchev–Trinajstić information content (AvgIpc) is 2.24. The number of cyclic esters (lactones) is 1. The SMILES string of the molecule is C=C(C)C(=O)OC1CC(=O)OC1(C)C. The van der Waals surface area contributed by atoms with Crippen LogP contribution in [0.3, 0.4) is 0 Å². The molecule has 1 aliphatic heterocycles. The topological polar surface area (TPSA) is 52.6 Å². The Kier molecular flexibility index (Phi) is 2.64. The standard InChI is InChI=1S/C10H14O4/c1-6(2)9(12)13-7-5-8(11)14-10(7,3)4/h7H,1,5H2,2-4H3. The molecule has 1 heterocycles. The second-order valence-electron chi connectivity index (χ2n) is 3.96. The van der Waals surface area contributed by atoms with Crippen LogP contribution in [0.4, 0.5) is 0 Å². The van der Waals surface area contributed by atoms with E-state index in [9.17, 15) is 9.59 Å². The van der Waals surface area contributed by atoms with Gasteiger partial charge in [-0.1, -0.05) is 6.58 Å². The zero-order chi connectivity index (χ0) is 10.9. The number of ether oxygens (including phenoxy) is 2. The van der Waals surface area contributed by atoms with Crippen LogP contribution in [0.25, 0.3) is 0 Å². The third-order valence-corrected chi connectivity index (χ3v) is 2.10. The van der Waals surface area contributed by atoms with Crippen molar-refractivity contribution in [3.8, 4) is 0 Å². The first-order valence-corrected chi connectivity index (χ1v) is 4.41. The minimum atomic E-state index is -0.734. The summed E-state index contributed by atoms with van der Waals surface area (Å²) in [5, 5.41) is 0. The van der Waals surface area contributed by atoms with Gasteiger partial charge in [0.15, 0.2) is 6.10 Å². The predicted octanol–water partition coefficient (Wildman–Crippen LogP) is 1.20. The molecule has 0 radical (unpaired) electrons. The molecule has 0 N–H and O–H groups in total. The Hall–Kier alpha value is -1.32.